The van der Waals surface area contributed by atoms with Gasteiger partial charge in [0, 0.05) is 11.1 Å². The molecule has 0 unspecified atom stereocenters. The van der Waals surface area contributed by atoms with Crippen molar-refractivity contribution in [3.63, 3.8) is 0 Å². The van der Waals surface area contributed by atoms with Crippen LogP contribution >= 0.6 is 11.6 Å². The number of carbonyl (C=O) groups excluding carboxylic acids is 2. The van der Waals surface area contributed by atoms with Gasteiger partial charge in [0.1, 0.15) is 5.15 Å². The van der Waals surface area contributed by atoms with Crippen LogP contribution in [0.2, 0.25) is 5.15 Å². The number of aromatic nitrogens is 1. The number of fused-ring (bicyclic) bond motifs is 1. The fourth-order valence-electron chi connectivity index (χ4n) is 3.19. The molecule has 3 aromatic rings. The van der Waals surface area contributed by atoms with E-state index in [2.05, 4.69) is 10.3 Å². The van der Waals surface area contributed by atoms with Gasteiger partial charge in [0.2, 0.25) is 0 Å². The summed E-state index contributed by atoms with van der Waals surface area (Å²) in [6, 6.07) is 12.6. The highest BCUT2D eigenvalue weighted by atomic mass is 35.5. The van der Waals surface area contributed by atoms with Gasteiger partial charge in [-0.25, -0.2) is 9.78 Å². The number of hydrogen-bond donors (Lipinski definition) is 1. The topological polar surface area (TPSA) is 68.3 Å². The van der Waals surface area contributed by atoms with E-state index in [-0.39, 0.29) is 10.7 Å². The number of rotatable bonds is 4. The average molecular weight is 397 g/mol. The summed E-state index contributed by atoms with van der Waals surface area (Å²) in [7, 11) is 0. The number of nitrogens with zero attached hydrogens (tertiary/aromatic N) is 1. The predicted molar refractivity (Wildman–Crippen MR) is 111 cm³/mol. The van der Waals surface area contributed by atoms with E-state index in [1.165, 1.54) is 13.0 Å². The number of halogens is 1. The van der Waals surface area contributed by atoms with Crippen molar-refractivity contribution in [2.75, 3.05) is 5.32 Å². The summed E-state index contributed by atoms with van der Waals surface area (Å²) in [6.45, 7) is 7.39. The molecule has 6 heteroatoms. The second-order valence-corrected chi connectivity index (χ2v) is 7.21. The maximum Gasteiger partial charge on any atom is 0.339 e. The predicted octanol–water partition coefficient (Wildman–Crippen LogP) is 5.00. The molecule has 144 valence electrons. The lowest BCUT2D eigenvalue weighted by Crippen LogP contribution is -2.30. The first-order valence-electron chi connectivity index (χ1n) is 8.91. The highest BCUT2D eigenvalue weighted by molar-refractivity contribution is 6.30. The molecule has 2 aromatic carbocycles. The highest BCUT2D eigenvalue weighted by Gasteiger charge is 2.22. The van der Waals surface area contributed by atoms with Crippen molar-refractivity contribution >= 4 is 40.1 Å². The Bertz CT molecular complexity index is 1060. The molecule has 0 aliphatic carbocycles. The fraction of sp³-hybridized carbons (Fsp3) is 0.227. The van der Waals surface area contributed by atoms with Crippen molar-refractivity contribution in [2.24, 2.45) is 0 Å². The molecular weight excluding hydrogens is 376 g/mol. The molecule has 0 saturated heterocycles. The van der Waals surface area contributed by atoms with Gasteiger partial charge in [0.15, 0.2) is 6.10 Å². The Morgan fingerprint density at radius 1 is 1.07 bits per heavy atom. The van der Waals surface area contributed by atoms with Gasteiger partial charge in [-0.1, -0.05) is 47.5 Å². The van der Waals surface area contributed by atoms with Crippen LogP contribution in [0.1, 0.15) is 34.0 Å². The van der Waals surface area contributed by atoms with Crippen molar-refractivity contribution in [1.82, 2.24) is 4.98 Å². The summed E-state index contributed by atoms with van der Waals surface area (Å²) >= 11 is 6.02. The molecule has 0 aliphatic heterocycles. The monoisotopic (exact) mass is 396 g/mol. The molecule has 0 fully saturated rings. The number of hydrogen-bond acceptors (Lipinski definition) is 4. The minimum absolute atomic E-state index is 0.189. The quantitative estimate of drug-likeness (QED) is 0.498. The Morgan fingerprint density at radius 3 is 2.39 bits per heavy atom. The number of amides is 1. The van der Waals surface area contributed by atoms with Crippen molar-refractivity contribution in [3.8, 4) is 0 Å². The molecule has 1 heterocycles. The molecule has 1 amide bonds. The maximum atomic E-state index is 12.7. The Morgan fingerprint density at radius 2 is 1.71 bits per heavy atom. The minimum Gasteiger partial charge on any atom is -0.449 e. The van der Waals surface area contributed by atoms with E-state index in [1.807, 2.05) is 39.0 Å². The first-order chi connectivity index (χ1) is 13.3. The van der Waals surface area contributed by atoms with E-state index in [4.69, 9.17) is 16.3 Å². The summed E-state index contributed by atoms with van der Waals surface area (Å²) in [4.78, 5) is 29.4. The molecule has 3 rings (SSSR count). The Balaban J connectivity index is 1.79. The van der Waals surface area contributed by atoms with Gasteiger partial charge in [0.25, 0.3) is 5.91 Å². The van der Waals surface area contributed by atoms with Crippen molar-refractivity contribution in [1.29, 1.82) is 0 Å². The number of nitrogens with one attached hydrogen (secondary N) is 1. The molecule has 1 N–H and O–H groups in total. The smallest absolute Gasteiger partial charge is 0.339 e. The van der Waals surface area contributed by atoms with Crippen LogP contribution in [0.25, 0.3) is 10.9 Å². The van der Waals surface area contributed by atoms with Crippen LogP contribution in [0.4, 0.5) is 5.69 Å². The summed E-state index contributed by atoms with van der Waals surface area (Å²) in [5, 5.41) is 3.66. The number of anilines is 1. The third-order valence-corrected chi connectivity index (χ3v) is 4.68. The molecule has 1 atom stereocenters. The van der Waals surface area contributed by atoms with Gasteiger partial charge in [-0.3, -0.25) is 4.79 Å². The lowest BCUT2D eigenvalue weighted by molar-refractivity contribution is -0.123. The van der Waals surface area contributed by atoms with E-state index in [0.29, 0.717) is 10.9 Å². The number of ether oxygens (including phenoxy) is 1. The number of aryl methyl sites for hydroxylation is 3. The van der Waals surface area contributed by atoms with Gasteiger partial charge < -0.3 is 10.1 Å². The zero-order valence-electron chi connectivity index (χ0n) is 16.2. The summed E-state index contributed by atoms with van der Waals surface area (Å²) < 4.78 is 5.40. The fourth-order valence-corrected chi connectivity index (χ4v) is 3.39. The normalized spacial score (nSPS) is 11.9. The zero-order valence-corrected chi connectivity index (χ0v) is 16.9. The second-order valence-electron chi connectivity index (χ2n) is 6.82. The largest absolute Gasteiger partial charge is 0.449 e. The third kappa shape index (κ3) is 4.15. The third-order valence-electron chi connectivity index (χ3n) is 4.48. The summed E-state index contributed by atoms with van der Waals surface area (Å²) in [5.41, 5.74) is 4.63. The molecule has 5 nitrogen and oxygen atoms in total. The number of pyridine rings is 1. The van der Waals surface area contributed by atoms with Gasteiger partial charge in [0.05, 0.1) is 11.1 Å². The van der Waals surface area contributed by atoms with Gasteiger partial charge in [-0.05, 0) is 51.0 Å². The maximum absolute atomic E-state index is 12.7. The summed E-state index contributed by atoms with van der Waals surface area (Å²) in [5.74, 6) is -1.02. The van der Waals surface area contributed by atoms with Crippen LogP contribution < -0.4 is 5.32 Å². The van der Waals surface area contributed by atoms with Crippen LogP contribution in [0.3, 0.4) is 0 Å². The number of benzene rings is 2. The van der Waals surface area contributed by atoms with Crippen LogP contribution in [0.5, 0.6) is 0 Å². The van der Waals surface area contributed by atoms with Crippen molar-refractivity contribution < 1.29 is 14.3 Å². The molecule has 0 spiro atoms. The standard InChI is InChI=1S/C22H21ClN2O3/c1-12-9-13(2)20(14(3)10-12)25-21(26)15(4)28-22(27)17-11-19(23)24-18-8-6-5-7-16(17)18/h5-11,15H,1-4H3,(H,25,26)/t15-/m0/s1. The van der Waals surface area contributed by atoms with Crippen LogP contribution in [0.15, 0.2) is 42.5 Å². The van der Waals surface area contributed by atoms with Crippen molar-refractivity contribution in [2.45, 2.75) is 33.8 Å². The Kier molecular flexibility index (Phi) is 5.66. The minimum atomic E-state index is -0.974. The van der Waals surface area contributed by atoms with E-state index >= 15 is 0 Å². The SMILES string of the molecule is Cc1cc(C)c(NC(=O)[C@H](C)OC(=O)c2cc(Cl)nc3ccccc23)c(C)c1. The molecule has 0 aliphatic rings. The van der Waals surface area contributed by atoms with E-state index in [1.54, 1.807) is 18.2 Å². The van der Waals surface area contributed by atoms with Gasteiger partial charge >= 0.3 is 5.97 Å². The number of esters is 1. The van der Waals surface area contributed by atoms with Crippen LogP contribution in [-0.4, -0.2) is 23.0 Å². The van der Waals surface area contributed by atoms with Crippen molar-refractivity contribution in [3.05, 3.63) is 69.9 Å². The van der Waals surface area contributed by atoms with Crippen LogP contribution in [0, 0.1) is 20.8 Å². The Labute approximate surface area is 168 Å². The van der Waals surface area contributed by atoms with E-state index in [0.717, 1.165) is 22.4 Å². The van der Waals surface area contributed by atoms with Crippen LogP contribution in [-0.2, 0) is 9.53 Å². The lowest BCUT2D eigenvalue weighted by atomic mass is 10.0. The van der Waals surface area contributed by atoms with Gasteiger partial charge in [-0.15, -0.1) is 0 Å². The first-order valence-corrected chi connectivity index (χ1v) is 9.29. The van der Waals surface area contributed by atoms with E-state index < -0.39 is 18.0 Å². The first kappa shape index (κ1) is 19.8. The molecule has 0 radical (unpaired) electrons. The molecule has 0 bridgehead atoms. The molecule has 0 saturated carbocycles. The zero-order chi connectivity index (χ0) is 20.4. The average Bonchev–Trinajstić information content (AvgIpc) is 2.63. The number of carbonyl (C=O) groups is 2. The van der Waals surface area contributed by atoms with E-state index in [9.17, 15) is 9.59 Å². The molecular formula is C22H21ClN2O3. The molecule has 28 heavy (non-hydrogen) atoms. The second kappa shape index (κ2) is 7.98. The number of para-hydroxylation sites is 1. The summed E-state index contributed by atoms with van der Waals surface area (Å²) in [6.07, 6.45) is -0.974. The Hall–Kier alpha value is -2.92. The lowest BCUT2D eigenvalue weighted by Gasteiger charge is -2.17. The van der Waals surface area contributed by atoms with Gasteiger partial charge in [-0.2, -0.15) is 0 Å². The highest BCUT2D eigenvalue weighted by Crippen LogP contribution is 2.24. The molecule has 1 aromatic heterocycles.